The number of nitrogens with zero attached hydrogens (tertiary/aromatic N) is 1. The number of nitrogens with one attached hydrogen (secondary N) is 1. The number of rotatable bonds is 8. The minimum Gasteiger partial charge on any atom is -0.383 e. The van der Waals surface area contributed by atoms with Crippen LogP contribution in [0.15, 0.2) is 0 Å². The highest BCUT2D eigenvalue weighted by atomic mass is 16.5. The molecule has 3 unspecified atom stereocenters. The molecule has 15 heavy (non-hydrogen) atoms. The van der Waals surface area contributed by atoms with Crippen molar-refractivity contribution in [2.75, 3.05) is 40.4 Å². The predicted molar refractivity (Wildman–Crippen MR) is 64.1 cm³/mol. The quantitative estimate of drug-likeness (QED) is 0.657. The molecule has 0 saturated heterocycles. The van der Waals surface area contributed by atoms with E-state index in [9.17, 15) is 0 Å². The molecule has 1 saturated carbocycles. The van der Waals surface area contributed by atoms with Gasteiger partial charge in [-0.05, 0) is 31.8 Å². The van der Waals surface area contributed by atoms with Crippen LogP contribution < -0.4 is 5.32 Å². The van der Waals surface area contributed by atoms with Crippen LogP contribution in [0.5, 0.6) is 0 Å². The molecule has 3 nitrogen and oxygen atoms in total. The number of likely N-dealkylation sites (N-methyl/N-ethyl adjacent to an activating group) is 2. The lowest BCUT2D eigenvalue weighted by atomic mass is 10.2. The van der Waals surface area contributed by atoms with Crippen LogP contribution in [0.25, 0.3) is 0 Å². The summed E-state index contributed by atoms with van der Waals surface area (Å²) in [5.74, 6) is 1.90. The van der Waals surface area contributed by atoms with Gasteiger partial charge in [0.15, 0.2) is 0 Å². The SMILES string of the molecule is CCNC(COC)CN(C)CC1CC1C. The van der Waals surface area contributed by atoms with Crippen LogP contribution in [0.3, 0.4) is 0 Å². The fraction of sp³-hybridized carbons (Fsp3) is 1.00. The van der Waals surface area contributed by atoms with E-state index in [0.29, 0.717) is 6.04 Å². The van der Waals surface area contributed by atoms with Crippen LogP contribution in [0.4, 0.5) is 0 Å². The van der Waals surface area contributed by atoms with E-state index in [1.165, 1.54) is 13.0 Å². The van der Waals surface area contributed by atoms with Crippen LogP contribution in [-0.2, 0) is 4.74 Å². The van der Waals surface area contributed by atoms with Crippen molar-refractivity contribution in [1.29, 1.82) is 0 Å². The molecule has 0 bridgehead atoms. The molecular formula is C12H26N2O. The molecular weight excluding hydrogens is 188 g/mol. The molecule has 0 aromatic rings. The first-order chi connectivity index (χ1) is 7.17. The molecule has 0 aromatic carbocycles. The Morgan fingerprint density at radius 1 is 1.53 bits per heavy atom. The number of methoxy groups -OCH3 is 1. The van der Waals surface area contributed by atoms with Crippen molar-refractivity contribution in [3.8, 4) is 0 Å². The van der Waals surface area contributed by atoms with E-state index in [0.717, 1.165) is 31.5 Å². The summed E-state index contributed by atoms with van der Waals surface area (Å²) < 4.78 is 5.21. The van der Waals surface area contributed by atoms with Gasteiger partial charge in [0.2, 0.25) is 0 Å². The van der Waals surface area contributed by atoms with Crippen LogP contribution in [0.1, 0.15) is 20.3 Å². The predicted octanol–water partition coefficient (Wildman–Crippen LogP) is 1.20. The Kier molecular flexibility index (Phi) is 5.58. The Labute approximate surface area is 94.2 Å². The minimum absolute atomic E-state index is 0.471. The van der Waals surface area contributed by atoms with Crippen molar-refractivity contribution >= 4 is 0 Å². The normalized spacial score (nSPS) is 27.0. The molecule has 0 radical (unpaired) electrons. The van der Waals surface area contributed by atoms with Crippen molar-refractivity contribution in [3.05, 3.63) is 0 Å². The molecule has 1 fully saturated rings. The standard InChI is InChI=1S/C12H26N2O/c1-5-13-12(9-15-4)8-14(3)7-11-6-10(11)2/h10-13H,5-9H2,1-4H3. The first kappa shape index (κ1) is 12.9. The molecule has 0 aromatic heterocycles. The van der Waals surface area contributed by atoms with Crippen LogP contribution in [0, 0.1) is 11.8 Å². The lowest BCUT2D eigenvalue weighted by Crippen LogP contribution is -2.43. The summed E-state index contributed by atoms with van der Waals surface area (Å²) in [4.78, 5) is 2.43. The fourth-order valence-electron chi connectivity index (χ4n) is 2.17. The summed E-state index contributed by atoms with van der Waals surface area (Å²) in [6.45, 7) is 8.64. The molecule has 1 aliphatic carbocycles. The van der Waals surface area contributed by atoms with Gasteiger partial charge in [-0.1, -0.05) is 13.8 Å². The van der Waals surface area contributed by atoms with Gasteiger partial charge >= 0.3 is 0 Å². The third-order valence-electron chi connectivity index (χ3n) is 3.22. The lowest BCUT2D eigenvalue weighted by molar-refractivity contribution is 0.145. The first-order valence-corrected chi connectivity index (χ1v) is 6.08. The average Bonchev–Trinajstić information content (AvgIpc) is 2.82. The molecule has 1 N–H and O–H groups in total. The van der Waals surface area contributed by atoms with Gasteiger partial charge in [-0.3, -0.25) is 0 Å². The van der Waals surface area contributed by atoms with Gasteiger partial charge in [-0.2, -0.15) is 0 Å². The van der Waals surface area contributed by atoms with Gasteiger partial charge in [0.1, 0.15) is 0 Å². The average molecular weight is 214 g/mol. The maximum atomic E-state index is 5.21. The number of ether oxygens (including phenoxy) is 1. The summed E-state index contributed by atoms with van der Waals surface area (Å²) in [6.07, 6.45) is 1.42. The van der Waals surface area contributed by atoms with Crippen LogP contribution >= 0.6 is 0 Å². The van der Waals surface area contributed by atoms with Crippen molar-refractivity contribution in [2.24, 2.45) is 11.8 Å². The zero-order chi connectivity index (χ0) is 11.3. The van der Waals surface area contributed by atoms with Gasteiger partial charge in [-0.15, -0.1) is 0 Å². The largest absolute Gasteiger partial charge is 0.383 e. The van der Waals surface area contributed by atoms with Crippen molar-refractivity contribution in [3.63, 3.8) is 0 Å². The smallest absolute Gasteiger partial charge is 0.0628 e. The molecule has 0 aliphatic heterocycles. The van der Waals surface area contributed by atoms with Crippen molar-refractivity contribution in [1.82, 2.24) is 10.2 Å². The van der Waals surface area contributed by atoms with E-state index in [1.807, 2.05) is 0 Å². The Morgan fingerprint density at radius 3 is 2.67 bits per heavy atom. The molecule has 3 atom stereocenters. The van der Waals surface area contributed by atoms with E-state index in [1.54, 1.807) is 7.11 Å². The van der Waals surface area contributed by atoms with Gasteiger partial charge in [0.05, 0.1) is 6.61 Å². The molecule has 0 heterocycles. The zero-order valence-corrected chi connectivity index (χ0v) is 10.6. The van der Waals surface area contributed by atoms with Gasteiger partial charge < -0.3 is 15.0 Å². The first-order valence-electron chi connectivity index (χ1n) is 6.08. The minimum atomic E-state index is 0.471. The van der Waals surface area contributed by atoms with Crippen molar-refractivity contribution in [2.45, 2.75) is 26.3 Å². The molecule has 90 valence electrons. The highest BCUT2D eigenvalue weighted by molar-refractivity contribution is 4.85. The Hall–Kier alpha value is -0.120. The summed E-state index contributed by atoms with van der Waals surface area (Å²) in [5.41, 5.74) is 0. The van der Waals surface area contributed by atoms with E-state index in [2.05, 4.69) is 31.1 Å². The van der Waals surface area contributed by atoms with E-state index in [4.69, 9.17) is 4.74 Å². The Morgan fingerprint density at radius 2 is 2.20 bits per heavy atom. The molecule has 0 spiro atoms. The van der Waals surface area contributed by atoms with E-state index in [-0.39, 0.29) is 0 Å². The maximum absolute atomic E-state index is 5.21. The van der Waals surface area contributed by atoms with Gasteiger partial charge in [0, 0.05) is 26.2 Å². The van der Waals surface area contributed by atoms with E-state index < -0.39 is 0 Å². The highest BCUT2D eigenvalue weighted by Crippen LogP contribution is 2.37. The second-order valence-electron chi connectivity index (χ2n) is 4.90. The second kappa shape index (κ2) is 6.46. The Bertz CT molecular complexity index is 169. The zero-order valence-electron chi connectivity index (χ0n) is 10.6. The maximum Gasteiger partial charge on any atom is 0.0628 e. The summed E-state index contributed by atoms with van der Waals surface area (Å²) in [6, 6.07) is 0.471. The van der Waals surface area contributed by atoms with Crippen molar-refractivity contribution < 1.29 is 4.74 Å². The fourth-order valence-corrected chi connectivity index (χ4v) is 2.17. The molecule has 1 rings (SSSR count). The third-order valence-corrected chi connectivity index (χ3v) is 3.22. The second-order valence-corrected chi connectivity index (χ2v) is 4.90. The third kappa shape index (κ3) is 4.96. The number of hydrogen-bond donors (Lipinski definition) is 1. The Balaban J connectivity index is 2.17. The molecule has 3 heteroatoms. The van der Waals surface area contributed by atoms with Crippen LogP contribution in [0.2, 0.25) is 0 Å². The summed E-state index contributed by atoms with van der Waals surface area (Å²) in [7, 11) is 3.98. The number of hydrogen-bond acceptors (Lipinski definition) is 3. The summed E-state index contributed by atoms with van der Waals surface area (Å²) in [5, 5.41) is 3.45. The highest BCUT2D eigenvalue weighted by Gasteiger charge is 2.33. The monoisotopic (exact) mass is 214 g/mol. The molecule has 1 aliphatic rings. The summed E-state index contributed by atoms with van der Waals surface area (Å²) >= 11 is 0. The van der Waals surface area contributed by atoms with Gasteiger partial charge in [-0.25, -0.2) is 0 Å². The lowest BCUT2D eigenvalue weighted by Gasteiger charge is -2.24. The molecule has 0 amide bonds. The topological polar surface area (TPSA) is 24.5 Å². The van der Waals surface area contributed by atoms with Gasteiger partial charge in [0.25, 0.3) is 0 Å². The van der Waals surface area contributed by atoms with E-state index >= 15 is 0 Å². The van der Waals surface area contributed by atoms with Crippen LogP contribution in [-0.4, -0.2) is 51.3 Å².